The van der Waals surface area contributed by atoms with Crippen molar-refractivity contribution < 1.29 is 14.1 Å². The number of fused-ring (bicyclic) bond motifs is 1. The summed E-state index contributed by atoms with van der Waals surface area (Å²) in [5, 5.41) is 3.96. The molecule has 6 heteroatoms. The van der Waals surface area contributed by atoms with Gasteiger partial charge in [-0.15, -0.1) is 0 Å². The van der Waals surface area contributed by atoms with Crippen molar-refractivity contribution in [3.63, 3.8) is 0 Å². The molecule has 3 rings (SSSR count). The molecule has 0 N–H and O–H groups in total. The Hall–Kier alpha value is -2.37. The number of hydrogen-bond donors (Lipinski definition) is 0. The quantitative estimate of drug-likeness (QED) is 0.844. The van der Waals surface area contributed by atoms with Crippen LogP contribution in [0.2, 0.25) is 0 Å². The Morgan fingerprint density at radius 2 is 2.17 bits per heavy atom. The van der Waals surface area contributed by atoms with Crippen LogP contribution in [0.5, 0.6) is 5.75 Å². The summed E-state index contributed by atoms with van der Waals surface area (Å²) in [4.78, 5) is 18.9. The van der Waals surface area contributed by atoms with E-state index in [0.29, 0.717) is 37.8 Å². The molecule has 1 amide bonds. The molecule has 128 valence electrons. The Morgan fingerprint density at radius 1 is 1.38 bits per heavy atom. The Kier molecular flexibility index (Phi) is 4.83. The highest BCUT2D eigenvalue weighted by molar-refractivity contribution is 5.79. The number of hydrogen-bond acceptors (Lipinski definition) is 5. The van der Waals surface area contributed by atoms with Gasteiger partial charge in [-0.3, -0.25) is 4.79 Å². The number of nitrogens with zero attached hydrogens (tertiary/aromatic N) is 3. The van der Waals surface area contributed by atoms with Gasteiger partial charge in [-0.25, -0.2) is 0 Å². The fraction of sp³-hybridized carbons (Fsp3) is 0.500. The van der Waals surface area contributed by atoms with Gasteiger partial charge in [0.1, 0.15) is 12.4 Å². The first-order chi connectivity index (χ1) is 11.6. The molecule has 0 radical (unpaired) electrons. The van der Waals surface area contributed by atoms with E-state index in [1.54, 1.807) is 4.90 Å². The average molecular weight is 329 g/mol. The molecule has 24 heavy (non-hydrogen) atoms. The average Bonchev–Trinajstić information content (AvgIpc) is 3.07. The fourth-order valence-corrected chi connectivity index (χ4v) is 2.82. The van der Waals surface area contributed by atoms with Crippen LogP contribution in [0.15, 0.2) is 28.8 Å². The zero-order valence-electron chi connectivity index (χ0n) is 14.4. The normalized spacial score (nSPS) is 16.6. The molecular weight excluding hydrogens is 306 g/mol. The smallest absolute Gasteiger partial charge is 0.246 e. The van der Waals surface area contributed by atoms with Gasteiger partial charge in [0.2, 0.25) is 11.8 Å². The van der Waals surface area contributed by atoms with Crippen LogP contribution < -0.4 is 4.74 Å². The number of benzene rings is 1. The SMILES string of the molecule is CCN(Cc1nc(C(C)C)no1)C(=O)[C@@H]1COc2ccccc2C1. The summed E-state index contributed by atoms with van der Waals surface area (Å²) < 4.78 is 11.0. The summed E-state index contributed by atoms with van der Waals surface area (Å²) in [6.45, 7) is 7.31. The van der Waals surface area contributed by atoms with E-state index in [0.717, 1.165) is 11.3 Å². The van der Waals surface area contributed by atoms with E-state index in [1.165, 1.54) is 0 Å². The van der Waals surface area contributed by atoms with Crippen molar-refractivity contribution in [2.75, 3.05) is 13.2 Å². The fourth-order valence-electron chi connectivity index (χ4n) is 2.82. The summed E-state index contributed by atoms with van der Waals surface area (Å²) in [5.41, 5.74) is 1.08. The maximum absolute atomic E-state index is 12.8. The topological polar surface area (TPSA) is 68.5 Å². The molecule has 0 spiro atoms. The largest absolute Gasteiger partial charge is 0.492 e. The lowest BCUT2D eigenvalue weighted by molar-refractivity contribution is -0.137. The predicted molar refractivity (Wildman–Crippen MR) is 88.6 cm³/mol. The highest BCUT2D eigenvalue weighted by Crippen LogP contribution is 2.28. The summed E-state index contributed by atoms with van der Waals surface area (Å²) in [6.07, 6.45) is 0.701. The molecule has 0 fully saturated rings. The van der Waals surface area contributed by atoms with Gasteiger partial charge in [0.15, 0.2) is 5.82 Å². The van der Waals surface area contributed by atoms with Crippen molar-refractivity contribution in [3.05, 3.63) is 41.5 Å². The van der Waals surface area contributed by atoms with Crippen molar-refractivity contribution in [1.29, 1.82) is 0 Å². The van der Waals surface area contributed by atoms with Crippen molar-refractivity contribution in [3.8, 4) is 5.75 Å². The van der Waals surface area contributed by atoms with Crippen molar-refractivity contribution in [2.24, 2.45) is 5.92 Å². The van der Waals surface area contributed by atoms with Gasteiger partial charge in [0, 0.05) is 12.5 Å². The molecule has 0 unspecified atom stereocenters. The zero-order chi connectivity index (χ0) is 17.1. The third kappa shape index (κ3) is 3.42. The number of amides is 1. The lowest BCUT2D eigenvalue weighted by Crippen LogP contribution is -2.40. The van der Waals surface area contributed by atoms with Crippen LogP contribution in [-0.2, 0) is 17.8 Å². The molecule has 2 aromatic rings. The Labute approximate surface area is 141 Å². The molecule has 1 aromatic heterocycles. The molecule has 0 saturated carbocycles. The second-order valence-electron chi connectivity index (χ2n) is 6.37. The van der Waals surface area contributed by atoms with Crippen LogP contribution in [0, 0.1) is 5.92 Å². The van der Waals surface area contributed by atoms with Gasteiger partial charge in [-0.2, -0.15) is 4.98 Å². The van der Waals surface area contributed by atoms with E-state index in [2.05, 4.69) is 10.1 Å². The van der Waals surface area contributed by atoms with Crippen LogP contribution in [0.4, 0.5) is 0 Å². The summed E-state index contributed by atoms with van der Waals surface area (Å²) >= 11 is 0. The number of aromatic nitrogens is 2. The molecule has 1 aliphatic heterocycles. The second kappa shape index (κ2) is 7.03. The monoisotopic (exact) mass is 329 g/mol. The summed E-state index contributed by atoms with van der Waals surface area (Å²) in [7, 11) is 0. The number of carbonyl (C=O) groups is 1. The van der Waals surface area contributed by atoms with Crippen molar-refractivity contribution in [1.82, 2.24) is 15.0 Å². The lowest BCUT2D eigenvalue weighted by Gasteiger charge is -2.29. The standard InChI is InChI=1S/C18H23N3O3/c1-4-21(10-16-19-17(12(2)3)20-24-16)18(22)14-9-13-7-5-6-8-15(13)23-11-14/h5-8,12,14H,4,9-11H2,1-3H3/t14-/m0/s1. The Morgan fingerprint density at radius 3 is 2.88 bits per heavy atom. The maximum Gasteiger partial charge on any atom is 0.246 e. The van der Waals surface area contributed by atoms with E-state index in [4.69, 9.17) is 9.26 Å². The minimum atomic E-state index is -0.174. The van der Waals surface area contributed by atoms with E-state index >= 15 is 0 Å². The van der Waals surface area contributed by atoms with E-state index in [9.17, 15) is 4.79 Å². The number of rotatable bonds is 5. The second-order valence-corrected chi connectivity index (χ2v) is 6.37. The third-order valence-electron chi connectivity index (χ3n) is 4.25. The highest BCUT2D eigenvalue weighted by atomic mass is 16.5. The minimum Gasteiger partial charge on any atom is -0.492 e. The molecule has 1 atom stereocenters. The highest BCUT2D eigenvalue weighted by Gasteiger charge is 2.29. The van der Waals surface area contributed by atoms with E-state index < -0.39 is 0 Å². The van der Waals surface area contributed by atoms with Crippen LogP contribution in [0.1, 0.15) is 44.0 Å². The van der Waals surface area contributed by atoms with Gasteiger partial charge in [-0.05, 0) is 25.0 Å². The van der Waals surface area contributed by atoms with Gasteiger partial charge < -0.3 is 14.2 Å². The van der Waals surface area contributed by atoms with Crippen LogP contribution >= 0.6 is 0 Å². The van der Waals surface area contributed by atoms with E-state index in [-0.39, 0.29) is 17.7 Å². The number of ether oxygens (including phenoxy) is 1. The van der Waals surface area contributed by atoms with Gasteiger partial charge in [-0.1, -0.05) is 37.2 Å². The third-order valence-corrected chi connectivity index (χ3v) is 4.25. The molecule has 1 aromatic carbocycles. The number of carbonyl (C=O) groups excluding carboxylic acids is 1. The summed E-state index contributed by atoms with van der Waals surface area (Å²) in [6, 6.07) is 7.87. The molecule has 0 bridgehead atoms. The Bertz CT molecular complexity index is 711. The van der Waals surface area contributed by atoms with E-state index in [1.807, 2.05) is 45.0 Å². The van der Waals surface area contributed by atoms with Crippen molar-refractivity contribution >= 4 is 5.91 Å². The molecule has 0 saturated heterocycles. The predicted octanol–water partition coefficient (Wildman–Crippen LogP) is 2.79. The van der Waals surface area contributed by atoms with Crippen LogP contribution in [0.3, 0.4) is 0 Å². The maximum atomic E-state index is 12.8. The van der Waals surface area contributed by atoms with Crippen LogP contribution in [-0.4, -0.2) is 34.1 Å². The number of para-hydroxylation sites is 1. The molecule has 6 nitrogen and oxygen atoms in total. The first-order valence-electron chi connectivity index (χ1n) is 8.40. The van der Waals surface area contributed by atoms with Gasteiger partial charge in [0.25, 0.3) is 0 Å². The Balaban J connectivity index is 1.68. The summed E-state index contributed by atoms with van der Waals surface area (Å²) in [5.74, 6) is 2.12. The molecule has 1 aliphatic rings. The minimum absolute atomic E-state index is 0.0660. The van der Waals surface area contributed by atoms with Crippen LogP contribution in [0.25, 0.3) is 0 Å². The van der Waals surface area contributed by atoms with Gasteiger partial charge >= 0.3 is 0 Å². The molecule has 0 aliphatic carbocycles. The first-order valence-corrected chi connectivity index (χ1v) is 8.40. The molecule has 2 heterocycles. The van der Waals surface area contributed by atoms with Gasteiger partial charge in [0.05, 0.1) is 12.5 Å². The first kappa shape index (κ1) is 16.5. The zero-order valence-corrected chi connectivity index (χ0v) is 14.4. The van der Waals surface area contributed by atoms with Crippen molar-refractivity contribution in [2.45, 2.75) is 39.7 Å². The molecular formula is C18H23N3O3. The lowest BCUT2D eigenvalue weighted by atomic mass is 9.95.